The molecule has 0 radical (unpaired) electrons. The van der Waals surface area contributed by atoms with Gasteiger partial charge in [0.05, 0.1) is 0 Å². The Hall–Kier alpha value is -3.17. The smallest absolute Gasteiger partial charge is 0.320 e. The zero-order chi connectivity index (χ0) is 25.0. The zero-order valence-corrected chi connectivity index (χ0v) is 21.3. The second kappa shape index (κ2) is 10.4. The zero-order valence-electron chi connectivity index (χ0n) is 20.4. The van der Waals surface area contributed by atoms with Crippen LogP contribution in [0.1, 0.15) is 31.2 Å². The number of rotatable bonds is 8. The van der Waals surface area contributed by atoms with Crippen LogP contribution in [0.5, 0.6) is 0 Å². The molecular weight excluding hydrogens is 469 g/mol. The van der Waals surface area contributed by atoms with Gasteiger partial charge in [-0.25, -0.2) is 0 Å². The molecule has 6 heteroatoms. The van der Waals surface area contributed by atoms with Crippen LogP contribution in [0.2, 0.25) is 0 Å². The minimum absolute atomic E-state index is 0.174. The standard InChI is InChI=1S/C30H32NO4P/c32-28(31-20-16-25(17-21-31)22-24-10-4-1-5-11-24)23-35-29(33)30(18-19-30)36(34,26-12-6-2-7-13-26)27-14-8-3-9-15-27/h1-15,25H,16-23H2. The average molecular weight is 502 g/mol. The highest BCUT2D eigenvalue weighted by molar-refractivity contribution is 7.81. The van der Waals surface area contributed by atoms with Gasteiger partial charge in [0.25, 0.3) is 5.91 Å². The Kier molecular flexibility index (Phi) is 7.11. The van der Waals surface area contributed by atoms with Crippen LogP contribution in [0, 0.1) is 5.92 Å². The van der Waals surface area contributed by atoms with Gasteiger partial charge in [0, 0.05) is 23.7 Å². The summed E-state index contributed by atoms with van der Waals surface area (Å²) in [6.45, 7) is 1.05. The molecule has 0 N–H and O–H groups in total. The minimum atomic E-state index is -3.31. The van der Waals surface area contributed by atoms with E-state index in [4.69, 9.17) is 4.74 Å². The maximum absolute atomic E-state index is 14.7. The molecule has 1 saturated carbocycles. The van der Waals surface area contributed by atoms with E-state index in [9.17, 15) is 14.2 Å². The summed E-state index contributed by atoms with van der Waals surface area (Å²) in [4.78, 5) is 28.1. The lowest BCUT2D eigenvalue weighted by molar-refractivity contribution is -0.152. The van der Waals surface area contributed by atoms with Gasteiger partial charge >= 0.3 is 5.97 Å². The van der Waals surface area contributed by atoms with Crippen LogP contribution in [0.25, 0.3) is 0 Å². The molecule has 186 valence electrons. The van der Waals surface area contributed by atoms with E-state index >= 15 is 0 Å². The van der Waals surface area contributed by atoms with Crippen LogP contribution >= 0.6 is 7.14 Å². The molecule has 1 amide bonds. The summed E-state index contributed by atoms with van der Waals surface area (Å²) < 4.78 is 20.3. The fraction of sp³-hybridized carbons (Fsp3) is 0.333. The Morgan fingerprint density at radius 2 is 1.31 bits per heavy atom. The monoisotopic (exact) mass is 501 g/mol. The van der Waals surface area contributed by atoms with Crippen molar-refractivity contribution in [1.29, 1.82) is 0 Å². The summed E-state index contributed by atoms with van der Waals surface area (Å²) in [7, 11) is -3.31. The van der Waals surface area contributed by atoms with Crippen molar-refractivity contribution < 1.29 is 18.9 Å². The van der Waals surface area contributed by atoms with Gasteiger partial charge in [0.1, 0.15) is 5.16 Å². The van der Waals surface area contributed by atoms with Crippen molar-refractivity contribution in [3.63, 3.8) is 0 Å². The minimum Gasteiger partial charge on any atom is -0.455 e. The van der Waals surface area contributed by atoms with Crippen LogP contribution in [-0.4, -0.2) is 41.6 Å². The second-order valence-corrected chi connectivity index (χ2v) is 13.0. The van der Waals surface area contributed by atoms with E-state index in [1.165, 1.54) is 5.56 Å². The summed E-state index contributed by atoms with van der Waals surface area (Å²) in [5.74, 6) is -0.145. The lowest BCUT2D eigenvalue weighted by Crippen LogP contribution is -2.42. The predicted molar refractivity (Wildman–Crippen MR) is 142 cm³/mol. The fourth-order valence-electron chi connectivity index (χ4n) is 5.37. The highest BCUT2D eigenvalue weighted by atomic mass is 31.2. The normalized spacial score (nSPS) is 17.4. The van der Waals surface area contributed by atoms with Crippen molar-refractivity contribution in [2.24, 2.45) is 5.92 Å². The summed E-state index contributed by atoms with van der Waals surface area (Å²) in [6.07, 6.45) is 3.89. The first-order valence-corrected chi connectivity index (χ1v) is 14.4. The summed E-state index contributed by atoms with van der Waals surface area (Å²) in [6, 6.07) is 28.9. The van der Waals surface area contributed by atoms with Crippen molar-refractivity contribution in [2.45, 2.75) is 37.3 Å². The molecule has 0 unspecified atom stereocenters. The number of piperidine rings is 1. The van der Waals surface area contributed by atoms with E-state index < -0.39 is 18.3 Å². The lowest BCUT2D eigenvalue weighted by Gasteiger charge is -2.32. The summed E-state index contributed by atoms with van der Waals surface area (Å²) in [5.41, 5.74) is 1.33. The van der Waals surface area contributed by atoms with Gasteiger partial charge in [-0.3, -0.25) is 9.59 Å². The molecule has 5 rings (SSSR count). The fourth-order valence-corrected chi connectivity index (χ4v) is 8.91. The maximum Gasteiger partial charge on any atom is 0.320 e. The Bertz CT molecular complexity index is 1190. The summed E-state index contributed by atoms with van der Waals surface area (Å²) >= 11 is 0. The van der Waals surface area contributed by atoms with Crippen LogP contribution in [0.15, 0.2) is 91.0 Å². The van der Waals surface area contributed by atoms with Crippen LogP contribution in [-0.2, 0) is 25.3 Å². The molecule has 1 aliphatic heterocycles. The molecule has 2 aliphatic rings. The third-order valence-electron chi connectivity index (χ3n) is 7.61. The molecule has 3 aromatic rings. The molecule has 3 aromatic carbocycles. The molecule has 2 fully saturated rings. The topological polar surface area (TPSA) is 63.7 Å². The van der Waals surface area contributed by atoms with Gasteiger partial charge in [0.15, 0.2) is 13.7 Å². The molecule has 0 aromatic heterocycles. The lowest BCUT2D eigenvalue weighted by atomic mass is 9.90. The molecule has 1 heterocycles. The molecule has 1 aliphatic carbocycles. The number of nitrogens with zero attached hydrogens (tertiary/aromatic N) is 1. The Morgan fingerprint density at radius 1 is 0.806 bits per heavy atom. The van der Waals surface area contributed by atoms with E-state index in [-0.39, 0.29) is 12.5 Å². The Morgan fingerprint density at radius 3 is 1.81 bits per heavy atom. The van der Waals surface area contributed by atoms with Crippen LogP contribution < -0.4 is 10.6 Å². The van der Waals surface area contributed by atoms with Crippen molar-refractivity contribution in [3.05, 3.63) is 96.6 Å². The van der Waals surface area contributed by atoms with Crippen LogP contribution in [0.4, 0.5) is 0 Å². The second-order valence-electron chi connectivity index (χ2n) is 9.90. The highest BCUT2D eigenvalue weighted by Crippen LogP contribution is 2.68. The average Bonchev–Trinajstić information content (AvgIpc) is 3.76. The number of likely N-dealkylation sites (tertiary alicyclic amines) is 1. The highest BCUT2D eigenvalue weighted by Gasteiger charge is 2.65. The third-order valence-corrected chi connectivity index (χ3v) is 11.5. The maximum atomic E-state index is 14.7. The van der Waals surface area contributed by atoms with E-state index in [0.717, 1.165) is 19.3 Å². The molecular formula is C30H32NO4P. The molecule has 1 saturated heterocycles. The molecule has 36 heavy (non-hydrogen) atoms. The van der Waals surface area contributed by atoms with Crippen molar-refractivity contribution in [2.75, 3.05) is 19.7 Å². The first kappa shape index (κ1) is 24.5. The van der Waals surface area contributed by atoms with Crippen molar-refractivity contribution >= 4 is 29.6 Å². The van der Waals surface area contributed by atoms with E-state index in [0.29, 0.717) is 42.5 Å². The first-order chi connectivity index (χ1) is 17.5. The van der Waals surface area contributed by atoms with Crippen molar-refractivity contribution in [3.8, 4) is 0 Å². The number of carbonyl (C=O) groups is 2. The third kappa shape index (κ3) is 4.77. The molecule has 5 nitrogen and oxygen atoms in total. The van der Waals surface area contributed by atoms with E-state index in [2.05, 4.69) is 24.3 Å². The Labute approximate surface area is 212 Å². The van der Waals surface area contributed by atoms with E-state index in [1.807, 2.05) is 66.7 Å². The van der Waals surface area contributed by atoms with Gasteiger partial charge in [0.2, 0.25) is 0 Å². The molecule has 0 spiro atoms. The van der Waals surface area contributed by atoms with Gasteiger partial charge in [-0.1, -0.05) is 91.0 Å². The number of hydrogen-bond donors (Lipinski definition) is 0. The van der Waals surface area contributed by atoms with E-state index in [1.54, 1.807) is 4.90 Å². The Balaban J connectivity index is 1.22. The number of ether oxygens (including phenoxy) is 1. The van der Waals surface area contributed by atoms with Gasteiger partial charge in [-0.15, -0.1) is 0 Å². The van der Waals surface area contributed by atoms with Gasteiger partial charge in [-0.05, 0) is 43.6 Å². The molecule has 0 bridgehead atoms. The van der Waals surface area contributed by atoms with Gasteiger partial charge in [-0.2, -0.15) is 0 Å². The SMILES string of the molecule is O=C(COC(=O)C1(P(=O)(c2ccccc2)c2ccccc2)CC1)N1CCC(Cc2ccccc2)CC1. The largest absolute Gasteiger partial charge is 0.455 e. The quantitative estimate of drug-likeness (QED) is 0.335. The summed E-state index contributed by atoms with van der Waals surface area (Å²) in [5, 5.41) is 0.202. The van der Waals surface area contributed by atoms with Gasteiger partial charge < -0.3 is 14.2 Å². The number of esters is 1. The predicted octanol–water partition coefficient (Wildman–Crippen LogP) is 4.56. The van der Waals surface area contributed by atoms with Crippen LogP contribution in [0.3, 0.4) is 0 Å². The first-order valence-electron chi connectivity index (χ1n) is 12.7. The number of benzene rings is 3. The number of carbonyl (C=O) groups excluding carboxylic acids is 2. The number of hydrogen-bond acceptors (Lipinski definition) is 4. The number of amides is 1. The molecule has 0 atom stereocenters. The van der Waals surface area contributed by atoms with Crippen molar-refractivity contribution in [1.82, 2.24) is 4.90 Å².